The van der Waals surface area contributed by atoms with Crippen molar-refractivity contribution in [1.29, 1.82) is 0 Å². The molecule has 0 spiro atoms. The average molecular weight is 783 g/mol. The van der Waals surface area contributed by atoms with Gasteiger partial charge >= 0.3 is 0 Å². The number of aromatic amines is 2. The molecule has 0 aliphatic carbocycles. The van der Waals surface area contributed by atoms with Gasteiger partial charge in [-0.3, -0.25) is 0 Å². The molecule has 2 aliphatic heterocycles. The molecule has 0 amide bonds. The molecule has 2 aliphatic rings. The molecule has 4 heterocycles. The van der Waals surface area contributed by atoms with Crippen molar-refractivity contribution in [3.63, 3.8) is 0 Å². The third-order valence-corrected chi connectivity index (χ3v) is 12.0. The van der Waals surface area contributed by atoms with Gasteiger partial charge in [0.2, 0.25) is 0 Å². The zero-order chi connectivity index (χ0) is 41.6. The summed E-state index contributed by atoms with van der Waals surface area (Å²) in [4.78, 5) is 20.8. The highest BCUT2D eigenvalue weighted by atomic mass is 15.2. The normalized spacial score (nSPS) is 16.5. The van der Waals surface area contributed by atoms with Crippen molar-refractivity contribution < 1.29 is 0 Å². The summed E-state index contributed by atoms with van der Waals surface area (Å²) in [5.41, 5.74) is 9.97. The Labute approximate surface area is 349 Å². The van der Waals surface area contributed by atoms with Crippen LogP contribution in [0.5, 0.6) is 0 Å². The van der Waals surface area contributed by atoms with E-state index in [0.717, 1.165) is 96.3 Å². The minimum Gasteiger partial charge on any atom is -0.389 e. The number of hydrogen-bond acceptors (Lipinski definition) is 6. The number of H-pyrrole nitrogens is 2. The predicted octanol–water partition coefficient (Wildman–Crippen LogP) is 12.1. The maximum atomic E-state index is 5.06. The van der Waals surface area contributed by atoms with Crippen molar-refractivity contribution in [2.24, 2.45) is 11.8 Å². The van der Waals surface area contributed by atoms with Crippen LogP contribution in [-0.4, -0.2) is 62.0 Å². The lowest BCUT2D eigenvalue weighted by molar-refractivity contribution is 0.264. The second-order valence-electron chi connectivity index (χ2n) is 16.2. The van der Waals surface area contributed by atoms with Gasteiger partial charge in [-0.25, -0.2) is 9.97 Å². The van der Waals surface area contributed by atoms with Crippen molar-refractivity contribution in [3.8, 4) is 22.4 Å². The number of aromatic nitrogens is 4. The number of nitrogens with zero attached hydrogens (tertiary/aromatic N) is 4. The number of benzene rings is 3. The van der Waals surface area contributed by atoms with Crippen LogP contribution in [0.4, 0.5) is 0 Å². The first-order chi connectivity index (χ1) is 28.1. The van der Waals surface area contributed by atoms with Gasteiger partial charge in [-0.2, -0.15) is 0 Å². The van der Waals surface area contributed by atoms with Crippen LogP contribution in [0.25, 0.3) is 44.2 Å². The maximum Gasteiger partial charge on any atom is 0.130 e. The van der Waals surface area contributed by atoms with Gasteiger partial charge in [-0.05, 0) is 103 Å². The van der Waals surface area contributed by atoms with E-state index in [-0.39, 0.29) is 12.1 Å². The zero-order valence-corrected chi connectivity index (χ0v) is 36.3. The van der Waals surface area contributed by atoms with E-state index in [1.807, 2.05) is 12.4 Å². The van der Waals surface area contributed by atoms with Gasteiger partial charge in [0.25, 0.3) is 0 Å². The van der Waals surface area contributed by atoms with Crippen LogP contribution in [0.3, 0.4) is 0 Å². The number of hydrogen-bond donors (Lipinski definition) is 4. The molecule has 0 radical (unpaired) electrons. The molecule has 2 saturated heterocycles. The van der Waals surface area contributed by atoms with Crippen molar-refractivity contribution in [1.82, 2.24) is 40.4 Å². The van der Waals surface area contributed by atoms with Crippen LogP contribution in [0.2, 0.25) is 0 Å². The smallest absolute Gasteiger partial charge is 0.130 e. The summed E-state index contributed by atoms with van der Waals surface area (Å²) in [6.07, 6.45) is 14.7. The standard InChI is InChI=1S/C35H40N6.C9H19N.C6H11N/c1-6-22(3)34(38-23(4)7-2)24(5)41-16-8-9-33(41)35-39-30-15-14-28(19-31(30)40-35)26-10-11-27-18-29(13-12-25(27)17-26)32-20-36-21-37-32;1-5-8(3)7-10-9(4)6-2;1-2-7-5-3-4-6-7/h10-15,17-22,33-34,38H,4-9,16H2,1-3H3,(H,36,37)(H,39,40);8,10H,4-7H2,1-3H3;2H,1,3-6H2/t22-,33-,34-;8-;/m00./s1. The van der Waals surface area contributed by atoms with Crippen LogP contribution in [0, 0.1) is 11.8 Å². The van der Waals surface area contributed by atoms with Crippen molar-refractivity contribution >= 4 is 21.8 Å². The molecule has 4 N–H and O–H groups in total. The number of nitrogens with one attached hydrogen (secondary N) is 4. The SMILES string of the molecule is C=C(CC)NC[C@@H](C)CC.C=C(CC)N[C@H](C(=C)N1CCC[C@H]1c1nc2ccc(-c3ccc4cc(-c5cnc[nH]5)ccc4c3)cc2[nH]1)[C@@H](C)CC.C=CN1CCCC1. The Morgan fingerprint density at radius 1 is 0.845 bits per heavy atom. The maximum absolute atomic E-state index is 5.06. The summed E-state index contributed by atoms with van der Waals surface area (Å²) in [6.45, 7) is 34.1. The number of rotatable bonds is 16. The zero-order valence-electron chi connectivity index (χ0n) is 36.3. The third kappa shape index (κ3) is 11.5. The second kappa shape index (κ2) is 21.5. The van der Waals surface area contributed by atoms with Crippen molar-refractivity contribution in [2.75, 3.05) is 26.2 Å². The Morgan fingerprint density at radius 2 is 1.52 bits per heavy atom. The van der Waals surface area contributed by atoms with Gasteiger partial charge in [0.15, 0.2) is 0 Å². The molecule has 58 heavy (non-hydrogen) atoms. The number of likely N-dealkylation sites (tertiary alicyclic amines) is 2. The van der Waals surface area contributed by atoms with Gasteiger partial charge in [0, 0.05) is 48.8 Å². The van der Waals surface area contributed by atoms with E-state index in [1.54, 1.807) is 6.33 Å². The van der Waals surface area contributed by atoms with Crippen molar-refractivity contribution in [3.05, 3.63) is 123 Å². The lowest BCUT2D eigenvalue weighted by Gasteiger charge is -2.36. The predicted molar refractivity (Wildman–Crippen MR) is 248 cm³/mol. The van der Waals surface area contributed by atoms with E-state index < -0.39 is 0 Å². The first kappa shape index (κ1) is 43.9. The molecule has 0 unspecified atom stereocenters. The van der Waals surface area contributed by atoms with Crippen molar-refractivity contribution in [2.45, 2.75) is 105 Å². The fourth-order valence-electron chi connectivity index (χ4n) is 7.57. The lowest BCUT2D eigenvalue weighted by atomic mass is 9.95. The summed E-state index contributed by atoms with van der Waals surface area (Å²) < 4.78 is 0. The lowest BCUT2D eigenvalue weighted by Crippen LogP contribution is -2.42. The summed E-state index contributed by atoms with van der Waals surface area (Å²) in [5, 5.41) is 9.38. The van der Waals surface area contributed by atoms with E-state index in [9.17, 15) is 0 Å². The summed E-state index contributed by atoms with van der Waals surface area (Å²) in [5.74, 6) is 2.26. The Morgan fingerprint density at radius 3 is 2.14 bits per heavy atom. The fraction of sp³-hybridized carbons (Fsp3) is 0.440. The van der Waals surface area contributed by atoms with E-state index >= 15 is 0 Å². The van der Waals surface area contributed by atoms with E-state index in [0.29, 0.717) is 5.92 Å². The highest BCUT2D eigenvalue weighted by Gasteiger charge is 2.33. The second-order valence-corrected chi connectivity index (χ2v) is 16.2. The molecular formula is C50H70N8. The molecule has 310 valence electrons. The highest BCUT2D eigenvalue weighted by Crippen LogP contribution is 2.37. The average Bonchev–Trinajstić information content (AvgIpc) is 4.11. The molecule has 5 aromatic rings. The van der Waals surface area contributed by atoms with Gasteiger partial charge in [-0.15, -0.1) is 0 Å². The monoisotopic (exact) mass is 783 g/mol. The Hall–Kier alpha value is -5.24. The first-order valence-corrected chi connectivity index (χ1v) is 21.8. The summed E-state index contributed by atoms with van der Waals surface area (Å²) >= 11 is 0. The topological polar surface area (TPSA) is 87.9 Å². The van der Waals surface area contributed by atoms with Gasteiger partial charge in [0.1, 0.15) is 5.82 Å². The molecule has 4 atom stereocenters. The summed E-state index contributed by atoms with van der Waals surface area (Å²) in [6, 6.07) is 20.1. The minimum absolute atomic E-state index is 0.174. The minimum atomic E-state index is 0.174. The Balaban J connectivity index is 0.000000313. The molecule has 3 aromatic carbocycles. The quantitative estimate of drug-likeness (QED) is 0.0797. The van der Waals surface area contributed by atoms with E-state index in [4.69, 9.17) is 4.98 Å². The van der Waals surface area contributed by atoms with Gasteiger partial charge in [0.05, 0.1) is 41.3 Å². The van der Waals surface area contributed by atoms with E-state index in [1.165, 1.54) is 54.3 Å². The molecule has 2 aromatic heterocycles. The largest absolute Gasteiger partial charge is 0.389 e. The Kier molecular flexibility index (Phi) is 16.3. The van der Waals surface area contributed by atoms with Gasteiger partial charge in [-0.1, -0.05) is 111 Å². The van der Waals surface area contributed by atoms with Gasteiger partial charge < -0.3 is 30.4 Å². The molecule has 2 fully saturated rings. The van der Waals surface area contributed by atoms with E-state index in [2.05, 4.69) is 158 Å². The fourth-order valence-corrected chi connectivity index (χ4v) is 7.57. The number of fused-ring (bicyclic) bond motifs is 2. The molecule has 0 bridgehead atoms. The molecular weight excluding hydrogens is 713 g/mol. The summed E-state index contributed by atoms with van der Waals surface area (Å²) in [7, 11) is 0. The number of imidazole rings is 2. The van der Waals surface area contributed by atoms with Crippen LogP contribution >= 0.6 is 0 Å². The molecule has 8 heteroatoms. The molecule has 8 nitrogen and oxygen atoms in total. The van der Waals surface area contributed by atoms with Crippen LogP contribution in [0.1, 0.15) is 105 Å². The van der Waals surface area contributed by atoms with Crippen LogP contribution in [-0.2, 0) is 0 Å². The Bertz CT molecular complexity index is 2090. The number of allylic oxidation sites excluding steroid dienone is 2. The first-order valence-electron chi connectivity index (χ1n) is 21.8. The molecule has 0 saturated carbocycles. The van der Waals surface area contributed by atoms with Crippen LogP contribution in [0.15, 0.2) is 117 Å². The third-order valence-electron chi connectivity index (χ3n) is 12.0. The van der Waals surface area contributed by atoms with Crippen LogP contribution < -0.4 is 10.6 Å². The molecule has 7 rings (SSSR count). The highest BCUT2D eigenvalue weighted by molar-refractivity contribution is 5.91.